The average molecular weight is 359 g/mol. The topological polar surface area (TPSA) is 39.9 Å². The summed E-state index contributed by atoms with van der Waals surface area (Å²) >= 11 is 9.37. The van der Waals surface area contributed by atoms with Crippen molar-refractivity contribution < 1.29 is 4.74 Å². The molecule has 2 aromatic heterocycles. The van der Waals surface area contributed by atoms with Crippen molar-refractivity contribution in [2.24, 2.45) is 0 Å². The number of imidazole rings is 1. The van der Waals surface area contributed by atoms with E-state index >= 15 is 0 Å². The van der Waals surface area contributed by atoms with Crippen LogP contribution in [0, 0.1) is 0 Å². The number of hydrogen-bond donors (Lipinski definition) is 0. The lowest BCUT2D eigenvalue weighted by Gasteiger charge is -2.16. The van der Waals surface area contributed by atoms with Gasteiger partial charge in [-0.1, -0.05) is 0 Å². The number of aromatic nitrogens is 3. The van der Waals surface area contributed by atoms with Crippen molar-refractivity contribution in [2.75, 3.05) is 13.0 Å². The minimum Gasteiger partial charge on any atom is -0.381 e. The van der Waals surface area contributed by atoms with Crippen molar-refractivity contribution in [3.63, 3.8) is 0 Å². The second-order valence-corrected chi connectivity index (χ2v) is 6.45. The molecule has 108 valence electrons. The van der Waals surface area contributed by atoms with Crippen molar-refractivity contribution in [2.45, 2.75) is 37.8 Å². The van der Waals surface area contributed by atoms with Crippen LogP contribution in [0.5, 0.6) is 0 Å². The molecule has 1 fully saturated rings. The Morgan fingerprint density at radius 2 is 2.35 bits per heavy atom. The molecule has 0 aromatic carbocycles. The van der Waals surface area contributed by atoms with Crippen LogP contribution in [0.1, 0.15) is 31.1 Å². The number of halogens is 2. The fraction of sp³-hybridized carbons (Fsp3) is 0.571. The maximum absolute atomic E-state index is 5.92. The molecule has 2 unspecified atom stereocenters. The van der Waals surface area contributed by atoms with Crippen molar-refractivity contribution in [3.8, 4) is 0 Å². The summed E-state index contributed by atoms with van der Waals surface area (Å²) < 4.78 is 8.70. The molecule has 2 heterocycles. The maximum Gasteiger partial charge on any atom is 0.160 e. The van der Waals surface area contributed by atoms with E-state index < -0.39 is 0 Å². The highest BCUT2D eigenvalue weighted by Crippen LogP contribution is 2.35. The molecule has 0 aliphatic heterocycles. The highest BCUT2D eigenvalue weighted by molar-refractivity contribution is 9.10. The molecule has 1 saturated carbocycles. The molecule has 4 nitrogen and oxygen atoms in total. The third-order valence-corrected chi connectivity index (χ3v) is 4.57. The molecule has 0 N–H and O–H groups in total. The third kappa shape index (κ3) is 2.59. The van der Waals surface area contributed by atoms with Gasteiger partial charge in [-0.2, -0.15) is 0 Å². The van der Waals surface area contributed by atoms with E-state index in [0.717, 1.165) is 47.1 Å². The molecule has 0 saturated heterocycles. The average Bonchev–Trinajstić information content (AvgIpc) is 3.02. The van der Waals surface area contributed by atoms with E-state index in [-0.39, 0.29) is 0 Å². The maximum atomic E-state index is 5.92. The van der Waals surface area contributed by atoms with Gasteiger partial charge in [0.1, 0.15) is 11.3 Å². The number of methoxy groups -OCH3 is 1. The first-order valence-corrected chi connectivity index (χ1v) is 8.16. The van der Waals surface area contributed by atoms with Crippen molar-refractivity contribution in [1.82, 2.24) is 14.5 Å². The molecule has 1 aliphatic rings. The Morgan fingerprint density at radius 1 is 1.50 bits per heavy atom. The summed E-state index contributed by atoms with van der Waals surface area (Å²) in [5.74, 6) is 1.60. The van der Waals surface area contributed by atoms with Crippen LogP contribution in [0.2, 0.25) is 0 Å². The van der Waals surface area contributed by atoms with E-state index in [2.05, 4.69) is 25.5 Å². The lowest BCUT2D eigenvalue weighted by atomic mass is 10.2. The standard InChI is InChI=1S/C14H17BrClN3O/c1-20-11-3-2-10(7-11)19-13(4-5-16)18-12-6-9(15)8-17-14(12)19/h6,8,10-11H,2-5,7H2,1H3. The molecule has 2 aromatic rings. The van der Waals surface area contributed by atoms with Crippen LogP contribution in [-0.2, 0) is 11.2 Å². The van der Waals surface area contributed by atoms with Gasteiger partial charge in [0.15, 0.2) is 5.65 Å². The SMILES string of the molecule is COC1CCC(n2c(CCCl)nc3cc(Br)cnc32)C1. The number of rotatable bonds is 4. The molecule has 0 amide bonds. The predicted octanol–water partition coefficient (Wildman–Crippen LogP) is 3.72. The molecule has 3 rings (SSSR count). The van der Waals surface area contributed by atoms with E-state index in [1.807, 2.05) is 12.3 Å². The summed E-state index contributed by atoms with van der Waals surface area (Å²) in [6, 6.07) is 2.43. The van der Waals surface area contributed by atoms with Crippen molar-refractivity contribution in [3.05, 3.63) is 22.6 Å². The highest BCUT2D eigenvalue weighted by atomic mass is 79.9. The van der Waals surface area contributed by atoms with Gasteiger partial charge in [-0.25, -0.2) is 9.97 Å². The second-order valence-electron chi connectivity index (χ2n) is 5.16. The number of ether oxygens (including phenoxy) is 1. The Balaban J connectivity index is 2.05. The summed E-state index contributed by atoms with van der Waals surface area (Å²) in [5, 5.41) is 0. The number of nitrogens with zero attached hydrogens (tertiary/aromatic N) is 3. The van der Waals surface area contributed by atoms with Crippen molar-refractivity contribution in [1.29, 1.82) is 0 Å². The summed E-state index contributed by atoms with van der Waals surface area (Å²) in [4.78, 5) is 9.25. The number of aryl methyl sites for hydroxylation is 1. The Hall–Kier alpha value is -0.650. The van der Waals surface area contributed by atoms with Gasteiger partial charge >= 0.3 is 0 Å². The Morgan fingerprint density at radius 3 is 3.05 bits per heavy atom. The minimum absolute atomic E-state index is 0.344. The first-order valence-electron chi connectivity index (χ1n) is 6.84. The smallest absolute Gasteiger partial charge is 0.160 e. The summed E-state index contributed by atoms with van der Waals surface area (Å²) in [7, 11) is 1.79. The molecule has 6 heteroatoms. The van der Waals surface area contributed by atoms with Crippen LogP contribution < -0.4 is 0 Å². The molecule has 1 aliphatic carbocycles. The zero-order valence-corrected chi connectivity index (χ0v) is 13.7. The summed E-state index contributed by atoms with van der Waals surface area (Å²) in [6.45, 7) is 0. The minimum atomic E-state index is 0.344. The van der Waals surface area contributed by atoms with Gasteiger partial charge in [-0.15, -0.1) is 11.6 Å². The van der Waals surface area contributed by atoms with Gasteiger partial charge < -0.3 is 9.30 Å². The largest absolute Gasteiger partial charge is 0.381 e. The monoisotopic (exact) mass is 357 g/mol. The van der Waals surface area contributed by atoms with Crippen LogP contribution in [0.25, 0.3) is 11.2 Å². The predicted molar refractivity (Wildman–Crippen MR) is 83.3 cm³/mol. The molecule has 0 bridgehead atoms. The van der Waals surface area contributed by atoms with Gasteiger partial charge in [0, 0.05) is 36.1 Å². The van der Waals surface area contributed by atoms with E-state index in [1.54, 1.807) is 7.11 Å². The lowest BCUT2D eigenvalue weighted by molar-refractivity contribution is 0.106. The Kier molecular flexibility index (Phi) is 4.29. The highest BCUT2D eigenvalue weighted by Gasteiger charge is 2.29. The molecule has 0 radical (unpaired) electrons. The molecular formula is C14H17BrClN3O. The number of hydrogen-bond acceptors (Lipinski definition) is 3. The summed E-state index contributed by atoms with van der Waals surface area (Å²) in [5.41, 5.74) is 1.88. The van der Waals surface area contributed by atoms with Gasteiger partial charge in [0.2, 0.25) is 0 Å². The van der Waals surface area contributed by atoms with Gasteiger partial charge in [-0.05, 0) is 41.3 Å². The van der Waals surface area contributed by atoms with Gasteiger partial charge in [0.05, 0.1) is 6.10 Å². The van der Waals surface area contributed by atoms with Gasteiger partial charge in [-0.3, -0.25) is 0 Å². The molecule has 2 atom stereocenters. The van der Waals surface area contributed by atoms with E-state index in [9.17, 15) is 0 Å². The zero-order valence-electron chi connectivity index (χ0n) is 11.4. The quantitative estimate of drug-likeness (QED) is 0.782. The van der Waals surface area contributed by atoms with E-state index in [4.69, 9.17) is 21.3 Å². The Labute approximate surface area is 131 Å². The molecule has 0 spiro atoms. The fourth-order valence-electron chi connectivity index (χ4n) is 3.01. The van der Waals surface area contributed by atoms with E-state index in [1.165, 1.54) is 0 Å². The summed E-state index contributed by atoms with van der Waals surface area (Å²) in [6.07, 6.45) is 6.16. The van der Waals surface area contributed by atoms with Crippen LogP contribution in [0.15, 0.2) is 16.7 Å². The zero-order chi connectivity index (χ0) is 14.1. The number of alkyl halides is 1. The Bertz CT molecular complexity index is 616. The third-order valence-electron chi connectivity index (χ3n) is 3.94. The second kappa shape index (κ2) is 6.00. The number of pyridine rings is 1. The first-order chi connectivity index (χ1) is 9.72. The first kappa shape index (κ1) is 14.3. The van der Waals surface area contributed by atoms with Crippen LogP contribution in [0.4, 0.5) is 0 Å². The molecule has 20 heavy (non-hydrogen) atoms. The number of fused-ring (bicyclic) bond motifs is 1. The van der Waals surface area contributed by atoms with Crippen molar-refractivity contribution >= 4 is 38.7 Å². The normalized spacial score (nSPS) is 22.8. The van der Waals surface area contributed by atoms with Crippen LogP contribution >= 0.6 is 27.5 Å². The molecular weight excluding hydrogens is 342 g/mol. The van der Waals surface area contributed by atoms with Gasteiger partial charge in [0.25, 0.3) is 0 Å². The van der Waals surface area contributed by atoms with E-state index in [0.29, 0.717) is 18.0 Å². The van der Waals surface area contributed by atoms with Crippen LogP contribution in [0.3, 0.4) is 0 Å². The lowest BCUT2D eigenvalue weighted by Crippen LogP contribution is -2.12. The fourth-order valence-corrected chi connectivity index (χ4v) is 3.50. The van der Waals surface area contributed by atoms with Crippen LogP contribution in [-0.4, -0.2) is 33.6 Å².